The maximum absolute atomic E-state index is 12.4. The molecule has 0 bridgehead atoms. The lowest BCUT2D eigenvalue weighted by Crippen LogP contribution is -2.25. The van der Waals surface area contributed by atoms with E-state index in [0.717, 1.165) is 17.1 Å². The number of hydrogen-bond donors (Lipinski definition) is 0. The van der Waals surface area contributed by atoms with Gasteiger partial charge in [-0.15, -0.1) is 0 Å². The Morgan fingerprint density at radius 1 is 0.952 bits per heavy atom. The predicted octanol–water partition coefficient (Wildman–Crippen LogP) is 5.20. The lowest BCUT2D eigenvalue weighted by molar-refractivity contribution is -0.127. The molecular weight excluding hydrogens is 260 g/mol. The van der Waals surface area contributed by atoms with E-state index in [4.69, 9.17) is 4.74 Å². The Labute approximate surface area is 126 Å². The highest BCUT2D eigenvalue weighted by molar-refractivity contribution is 5.89. The van der Waals surface area contributed by atoms with Crippen molar-refractivity contribution in [1.29, 1.82) is 0 Å². The van der Waals surface area contributed by atoms with E-state index in [1.54, 1.807) is 0 Å². The Bertz CT molecular complexity index is 609. The van der Waals surface area contributed by atoms with Gasteiger partial charge in [0.05, 0.1) is 0 Å². The zero-order valence-electron chi connectivity index (χ0n) is 13.1. The first-order valence-corrected chi connectivity index (χ1v) is 7.25. The molecule has 0 N–H and O–H groups in total. The van der Waals surface area contributed by atoms with E-state index in [9.17, 15) is 4.79 Å². The Morgan fingerprint density at radius 2 is 1.57 bits per heavy atom. The van der Waals surface area contributed by atoms with E-state index >= 15 is 0 Å². The summed E-state index contributed by atoms with van der Waals surface area (Å²) >= 11 is 0. The van der Waals surface area contributed by atoms with Gasteiger partial charge in [-0.25, -0.2) is 0 Å². The maximum atomic E-state index is 12.4. The third-order valence-electron chi connectivity index (χ3n) is 3.47. The third kappa shape index (κ3) is 3.94. The second-order valence-corrected chi connectivity index (χ2v) is 6.32. The fraction of sp³-hybridized carbons (Fsp3) is 0.316. The normalized spacial score (nSPS) is 12.8. The molecule has 0 saturated carbocycles. The number of para-hydroxylation sites is 1. The predicted molar refractivity (Wildman–Crippen MR) is 85.8 cm³/mol. The molecule has 0 radical (unpaired) electrons. The minimum atomic E-state index is -0.338. The summed E-state index contributed by atoms with van der Waals surface area (Å²) in [5.41, 5.74) is 0.652. The number of ether oxygens (including phenoxy) is 1. The summed E-state index contributed by atoms with van der Waals surface area (Å²) in [6.07, 6.45) is 0. The van der Waals surface area contributed by atoms with Gasteiger partial charge in [0.15, 0.2) is 0 Å². The fourth-order valence-electron chi connectivity index (χ4n) is 2.27. The van der Waals surface area contributed by atoms with Crippen molar-refractivity contribution in [2.24, 2.45) is 5.41 Å². The van der Waals surface area contributed by atoms with Gasteiger partial charge in [0.2, 0.25) is 0 Å². The van der Waals surface area contributed by atoms with Crippen molar-refractivity contribution < 1.29 is 9.53 Å². The monoisotopic (exact) mass is 282 g/mol. The number of hydrogen-bond acceptors (Lipinski definition) is 2. The molecule has 2 aromatic rings. The molecule has 0 amide bonds. The third-order valence-corrected chi connectivity index (χ3v) is 3.47. The Kier molecular flexibility index (Phi) is 4.46. The van der Waals surface area contributed by atoms with Crippen LogP contribution in [-0.4, -0.2) is 5.78 Å². The molecule has 0 aromatic heterocycles. The van der Waals surface area contributed by atoms with Crippen LogP contribution >= 0.6 is 0 Å². The van der Waals surface area contributed by atoms with Crippen molar-refractivity contribution in [2.75, 3.05) is 0 Å². The second kappa shape index (κ2) is 6.13. The largest absolute Gasteiger partial charge is 0.457 e. The molecule has 1 unspecified atom stereocenters. The number of benzene rings is 2. The van der Waals surface area contributed by atoms with E-state index in [-0.39, 0.29) is 17.1 Å². The lowest BCUT2D eigenvalue weighted by Gasteiger charge is -2.22. The van der Waals surface area contributed by atoms with E-state index in [2.05, 4.69) is 0 Å². The molecule has 0 heterocycles. The Balaban J connectivity index is 2.20. The lowest BCUT2D eigenvalue weighted by atomic mass is 9.81. The van der Waals surface area contributed by atoms with Crippen LogP contribution in [0.5, 0.6) is 11.5 Å². The summed E-state index contributed by atoms with van der Waals surface area (Å²) in [6.45, 7) is 7.82. The summed E-state index contributed by atoms with van der Waals surface area (Å²) < 4.78 is 5.82. The smallest absolute Gasteiger partial charge is 0.145 e. The summed E-state index contributed by atoms with van der Waals surface area (Å²) in [4.78, 5) is 12.4. The summed E-state index contributed by atoms with van der Waals surface area (Å²) in [5.74, 6) is 1.65. The van der Waals surface area contributed by atoms with Crippen LogP contribution in [0.2, 0.25) is 0 Å². The van der Waals surface area contributed by atoms with Crippen LogP contribution in [0.1, 0.15) is 39.2 Å². The summed E-state index contributed by atoms with van der Waals surface area (Å²) in [6, 6.07) is 17.4. The molecule has 1 atom stereocenters. The highest BCUT2D eigenvalue weighted by Crippen LogP contribution is 2.30. The van der Waals surface area contributed by atoms with Gasteiger partial charge in [0.1, 0.15) is 17.3 Å². The second-order valence-electron chi connectivity index (χ2n) is 6.32. The standard InChI is InChI=1S/C19H22O2/c1-14(18(20)19(2,3)4)15-9-8-12-17(13-15)21-16-10-6-5-7-11-16/h5-14H,1-4H3. The molecule has 0 spiro atoms. The average molecular weight is 282 g/mol. The van der Waals surface area contributed by atoms with E-state index < -0.39 is 0 Å². The molecule has 110 valence electrons. The van der Waals surface area contributed by atoms with Gasteiger partial charge in [0, 0.05) is 11.3 Å². The first kappa shape index (κ1) is 15.3. The quantitative estimate of drug-likeness (QED) is 0.770. The number of rotatable bonds is 4. The van der Waals surface area contributed by atoms with E-state index in [1.807, 2.05) is 82.3 Å². The molecule has 0 aliphatic carbocycles. The maximum Gasteiger partial charge on any atom is 0.145 e. The van der Waals surface area contributed by atoms with Crippen LogP contribution in [0, 0.1) is 5.41 Å². The highest BCUT2D eigenvalue weighted by Gasteiger charge is 2.27. The SMILES string of the molecule is CC(C(=O)C(C)(C)C)c1cccc(Oc2ccccc2)c1. The minimum absolute atomic E-state index is 0.135. The molecule has 2 nitrogen and oxygen atoms in total. The van der Waals surface area contributed by atoms with Gasteiger partial charge in [0.25, 0.3) is 0 Å². The first-order valence-electron chi connectivity index (χ1n) is 7.25. The fourth-order valence-corrected chi connectivity index (χ4v) is 2.27. The average Bonchev–Trinajstić information content (AvgIpc) is 2.46. The van der Waals surface area contributed by atoms with Crippen molar-refractivity contribution in [3.05, 3.63) is 60.2 Å². The van der Waals surface area contributed by atoms with Gasteiger partial charge >= 0.3 is 0 Å². The topological polar surface area (TPSA) is 26.3 Å². The Hall–Kier alpha value is -2.09. The summed E-state index contributed by atoms with van der Waals surface area (Å²) in [5, 5.41) is 0. The van der Waals surface area contributed by atoms with Crippen LogP contribution in [-0.2, 0) is 4.79 Å². The molecule has 0 aliphatic heterocycles. The molecule has 2 heteroatoms. The Morgan fingerprint density at radius 3 is 2.19 bits per heavy atom. The van der Waals surface area contributed by atoms with Crippen molar-refractivity contribution in [1.82, 2.24) is 0 Å². The molecule has 21 heavy (non-hydrogen) atoms. The molecule has 0 fully saturated rings. The van der Waals surface area contributed by atoms with Crippen LogP contribution in [0.4, 0.5) is 0 Å². The van der Waals surface area contributed by atoms with Gasteiger partial charge < -0.3 is 4.74 Å². The zero-order valence-corrected chi connectivity index (χ0v) is 13.1. The van der Waals surface area contributed by atoms with E-state index in [0.29, 0.717) is 0 Å². The minimum Gasteiger partial charge on any atom is -0.457 e. The van der Waals surface area contributed by atoms with Crippen molar-refractivity contribution in [2.45, 2.75) is 33.6 Å². The molecular formula is C19H22O2. The molecule has 0 aliphatic rings. The van der Waals surface area contributed by atoms with Gasteiger partial charge in [-0.2, -0.15) is 0 Å². The molecule has 2 aromatic carbocycles. The number of carbonyl (C=O) groups excluding carboxylic acids is 1. The van der Waals surface area contributed by atoms with E-state index in [1.165, 1.54) is 0 Å². The van der Waals surface area contributed by atoms with Gasteiger partial charge in [-0.1, -0.05) is 58.0 Å². The molecule has 0 saturated heterocycles. The number of ketones is 1. The van der Waals surface area contributed by atoms with Crippen LogP contribution < -0.4 is 4.74 Å². The van der Waals surface area contributed by atoms with Crippen LogP contribution in [0.3, 0.4) is 0 Å². The summed E-state index contributed by atoms with van der Waals surface area (Å²) in [7, 11) is 0. The highest BCUT2D eigenvalue weighted by atomic mass is 16.5. The van der Waals surface area contributed by atoms with Crippen LogP contribution in [0.25, 0.3) is 0 Å². The van der Waals surface area contributed by atoms with Crippen molar-refractivity contribution in [3.8, 4) is 11.5 Å². The number of Topliss-reactive ketones (excluding diaryl/α,β-unsaturated/α-hetero) is 1. The zero-order chi connectivity index (χ0) is 15.5. The van der Waals surface area contributed by atoms with Crippen molar-refractivity contribution in [3.63, 3.8) is 0 Å². The molecule has 2 rings (SSSR count). The number of carbonyl (C=O) groups is 1. The van der Waals surface area contributed by atoms with Gasteiger partial charge in [-0.3, -0.25) is 4.79 Å². The first-order chi connectivity index (χ1) is 9.88. The van der Waals surface area contributed by atoms with Crippen LogP contribution in [0.15, 0.2) is 54.6 Å². The van der Waals surface area contributed by atoms with Crippen molar-refractivity contribution >= 4 is 5.78 Å². The van der Waals surface area contributed by atoms with Gasteiger partial charge in [-0.05, 0) is 29.8 Å².